The topological polar surface area (TPSA) is 89.1 Å². The molecule has 0 saturated heterocycles. The molecule has 29 heavy (non-hydrogen) atoms. The molecule has 0 fully saturated rings. The maximum Gasteiger partial charge on any atom is 0.451 e. The van der Waals surface area contributed by atoms with Crippen LogP contribution in [0.5, 0.6) is 0 Å². The van der Waals surface area contributed by atoms with E-state index in [1.165, 1.54) is 4.90 Å². The standard InChI is InChI=1S/C17H17F5N6O/c18-10-3-8-6-24-15(9(8)4-11(10)19)12(23)5-14(29)27-1-2-28-13(7-27)25-26-16(28)17(20,21)22/h3-4,12,15,24H,1-2,5-7,23H2. The molecule has 3 N–H and O–H groups in total. The molecule has 1 aromatic carbocycles. The molecule has 2 aliphatic heterocycles. The van der Waals surface area contributed by atoms with Gasteiger partial charge >= 0.3 is 6.18 Å². The van der Waals surface area contributed by atoms with E-state index in [1.807, 2.05) is 0 Å². The molecule has 3 heterocycles. The van der Waals surface area contributed by atoms with Gasteiger partial charge in [-0.1, -0.05) is 0 Å². The van der Waals surface area contributed by atoms with Crippen LogP contribution in [0.1, 0.15) is 35.2 Å². The number of benzene rings is 1. The van der Waals surface area contributed by atoms with Gasteiger partial charge in [0.05, 0.1) is 6.54 Å². The van der Waals surface area contributed by atoms with E-state index in [9.17, 15) is 26.7 Å². The van der Waals surface area contributed by atoms with Crippen LogP contribution in [0.15, 0.2) is 12.1 Å². The van der Waals surface area contributed by atoms with Gasteiger partial charge in [-0.3, -0.25) is 4.79 Å². The smallest absolute Gasteiger partial charge is 0.333 e. The molecule has 2 atom stereocenters. The second kappa shape index (κ2) is 7.02. The van der Waals surface area contributed by atoms with Crippen LogP contribution in [0.3, 0.4) is 0 Å². The minimum absolute atomic E-state index is 0.0485. The highest BCUT2D eigenvalue weighted by atomic mass is 19.4. The van der Waals surface area contributed by atoms with Crippen molar-refractivity contribution in [1.29, 1.82) is 0 Å². The highest BCUT2D eigenvalue weighted by Crippen LogP contribution is 2.31. The van der Waals surface area contributed by atoms with Gasteiger partial charge in [-0.05, 0) is 23.3 Å². The van der Waals surface area contributed by atoms with E-state index in [0.717, 1.165) is 16.7 Å². The van der Waals surface area contributed by atoms with Crippen molar-refractivity contribution in [1.82, 2.24) is 25.0 Å². The minimum atomic E-state index is -4.62. The normalized spacial score (nSPS) is 19.8. The Morgan fingerprint density at radius 1 is 1.24 bits per heavy atom. The Hall–Kier alpha value is -2.60. The largest absolute Gasteiger partial charge is 0.451 e. The molecule has 12 heteroatoms. The lowest BCUT2D eigenvalue weighted by atomic mass is 9.96. The van der Waals surface area contributed by atoms with Gasteiger partial charge in [-0.2, -0.15) is 13.2 Å². The summed E-state index contributed by atoms with van der Waals surface area (Å²) in [6, 6.07) is 0.914. The van der Waals surface area contributed by atoms with Crippen LogP contribution >= 0.6 is 0 Å². The third-order valence-electron chi connectivity index (χ3n) is 5.23. The van der Waals surface area contributed by atoms with Crippen LogP contribution < -0.4 is 11.1 Å². The zero-order chi connectivity index (χ0) is 20.9. The van der Waals surface area contributed by atoms with E-state index >= 15 is 0 Å². The maximum absolute atomic E-state index is 13.6. The quantitative estimate of drug-likeness (QED) is 0.740. The van der Waals surface area contributed by atoms with Crippen LogP contribution in [0.4, 0.5) is 22.0 Å². The van der Waals surface area contributed by atoms with Gasteiger partial charge in [0.25, 0.3) is 0 Å². The van der Waals surface area contributed by atoms with Gasteiger partial charge in [0, 0.05) is 38.1 Å². The Bertz CT molecular complexity index is 959. The number of carbonyl (C=O) groups is 1. The Labute approximate surface area is 161 Å². The second-order valence-electron chi connectivity index (χ2n) is 7.10. The fourth-order valence-electron chi connectivity index (χ4n) is 3.79. The van der Waals surface area contributed by atoms with Gasteiger partial charge in [-0.25, -0.2) is 8.78 Å². The zero-order valence-electron chi connectivity index (χ0n) is 15.0. The SMILES string of the molecule is NC(CC(=O)N1CCn2c(nnc2C(F)(F)F)C1)C1NCc2cc(F)c(F)cc21. The fourth-order valence-corrected chi connectivity index (χ4v) is 3.79. The molecule has 0 saturated carbocycles. The predicted molar refractivity (Wildman–Crippen MR) is 89.0 cm³/mol. The van der Waals surface area contributed by atoms with Crippen molar-refractivity contribution in [3.05, 3.63) is 46.5 Å². The first-order valence-electron chi connectivity index (χ1n) is 8.89. The Balaban J connectivity index is 1.44. The second-order valence-corrected chi connectivity index (χ2v) is 7.10. The van der Waals surface area contributed by atoms with E-state index < -0.39 is 35.7 Å². The first-order valence-corrected chi connectivity index (χ1v) is 8.89. The summed E-state index contributed by atoms with van der Waals surface area (Å²) in [7, 11) is 0. The molecule has 2 unspecified atom stereocenters. The summed E-state index contributed by atoms with van der Waals surface area (Å²) in [5, 5.41) is 9.75. The van der Waals surface area contributed by atoms with Crippen molar-refractivity contribution in [2.24, 2.45) is 5.73 Å². The van der Waals surface area contributed by atoms with Crippen LogP contribution in [0, 0.1) is 11.6 Å². The summed E-state index contributed by atoms with van der Waals surface area (Å²) in [6.07, 6.45) is -4.73. The van der Waals surface area contributed by atoms with Crippen molar-refractivity contribution in [3.63, 3.8) is 0 Å². The molecule has 0 aliphatic carbocycles. The maximum atomic E-state index is 13.6. The average Bonchev–Trinajstić information content (AvgIpc) is 3.25. The molecular weight excluding hydrogens is 399 g/mol. The van der Waals surface area contributed by atoms with E-state index in [1.54, 1.807) is 0 Å². The first kappa shape index (κ1) is 19.7. The van der Waals surface area contributed by atoms with E-state index in [0.29, 0.717) is 17.7 Å². The van der Waals surface area contributed by atoms with Gasteiger partial charge in [0.1, 0.15) is 0 Å². The van der Waals surface area contributed by atoms with Crippen molar-refractivity contribution >= 4 is 5.91 Å². The number of alkyl halides is 3. The predicted octanol–water partition coefficient (Wildman–Crippen LogP) is 1.48. The molecule has 1 amide bonds. The van der Waals surface area contributed by atoms with E-state index in [4.69, 9.17) is 5.73 Å². The van der Waals surface area contributed by atoms with Crippen molar-refractivity contribution in [3.8, 4) is 0 Å². The highest BCUT2D eigenvalue weighted by molar-refractivity contribution is 5.77. The molecule has 2 aromatic rings. The zero-order valence-corrected chi connectivity index (χ0v) is 15.0. The van der Waals surface area contributed by atoms with Gasteiger partial charge in [0.2, 0.25) is 11.7 Å². The minimum Gasteiger partial charge on any atom is -0.333 e. The van der Waals surface area contributed by atoms with Crippen LogP contribution in [-0.2, 0) is 30.6 Å². The molecule has 156 valence electrons. The molecule has 0 bridgehead atoms. The van der Waals surface area contributed by atoms with Gasteiger partial charge in [0.15, 0.2) is 17.5 Å². The van der Waals surface area contributed by atoms with Crippen molar-refractivity contribution in [2.75, 3.05) is 6.54 Å². The van der Waals surface area contributed by atoms with Crippen LogP contribution in [0.2, 0.25) is 0 Å². The Kier molecular flexibility index (Phi) is 4.77. The summed E-state index contributed by atoms with van der Waals surface area (Å²) < 4.78 is 66.6. The van der Waals surface area contributed by atoms with Crippen LogP contribution in [-0.4, -0.2) is 38.2 Å². The lowest BCUT2D eigenvalue weighted by Crippen LogP contribution is -2.44. The van der Waals surface area contributed by atoms with Gasteiger partial charge in [-0.15, -0.1) is 10.2 Å². The summed E-state index contributed by atoms with van der Waals surface area (Å²) in [5.74, 6) is -3.35. The molecule has 0 spiro atoms. The van der Waals surface area contributed by atoms with E-state index in [2.05, 4.69) is 15.5 Å². The molecule has 4 rings (SSSR count). The third-order valence-corrected chi connectivity index (χ3v) is 5.23. The molecule has 7 nitrogen and oxygen atoms in total. The summed E-state index contributed by atoms with van der Waals surface area (Å²) in [6.45, 7) is 0.177. The Morgan fingerprint density at radius 2 is 1.97 bits per heavy atom. The van der Waals surface area contributed by atoms with Gasteiger partial charge < -0.3 is 20.5 Å². The van der Waals surface area contributed by atoms with Crippen LogP contribution in [0.25, 0.3) is 0 Å². The molecular formula is C17H17F5N6O. The highest BCUT2D eigenvalue weighted by Gasteiger charge is 2.40. The number of hydrogen-bond acceptors (Lipinski definition) is 5. The number of nitrogens with two attached hydrogens (primary N) is 1. The summed E-state index contributed by atoms with van der Waals surface area (Å²) >= 11 is 0. The number of fused-ring (bicyclic) bond motifs is 2. The molecule has 1 aromatic heterocycles. The summed E-state index contributed by atoms with van der Waals surface area (Å²) in [4.78, 5) is 14.0. The number of nitrogens with one attached hydrogen (secondary N) is 1. The summed E-state index contributed by atoms with van der Waals surface area (Å²) in [5.41, 5.74) is 7.21. The molecule has 2 aliphatic rings. The lowest BCUT2D eigenvalue weighted by molar-refractivity contribution is -0.148. The lowest BCUT2D eigenvalue weighted by Gasteiger charge is -2.30. The van der Waals surface area contributed by atoms with Crippen molar-refractivity contribution in [2.45, 2.75) is 44.3 Å². The van der Waals surface area contributed by atoms with Crippen molar-refractivity contribution < 1.29 is 26.7 Å². The number of amides is 1. The van der Waals surface area contributed by atoms with E-state index in [-0.39, 0.29) is 37.8 Å². The first-order chi connectivity index (χ1) is 13.6. The number of carbonyl (C=O) groups excluding carboxylic acids is 1. The average molecular weight is 416 g/mol. The monoisotopic (exact) mass is 416 g/mol. The number of nitrogens with zero attached hydrogens (tertiary/aromatic N) is 4. The number of halogens is 5. The Morgan fingerprint density at radius 3 is 2.69 bits per heavy atom. The number of rotatable bonds is 3. The molecule has 0 radical (unpaired) electrons. The third kappa shape index (κ3) is 3.57. The fraction of sp³-hybridized carbons (Fsp3) is 0.471. The number of hydrogen-bond donors (Lipinski definition) is 2. The number of aromatic nitrogens is 3.